The first-order valence-electron chi connectivity index (χ1n) is 9.76. The van der Waals surface area contributed by atoms with Crippen molar-refractivity contribution >= 4 is 11.6 Å². The number of hydrogen-bond acceptors (Lipinski definition) is 3. The standard InChI is InChI=1S/C20H30N2O.C2H3N/c1-19(2,3)16-10-14-22(15-11-16)18(23)20(12-7-13-20)21-17-8-5-4-6-9-17;1-2-3/h4-6,8-9,16,21H,7,10-15H2,1-3H3;1H3. The molecule has 1 N–H and O–H groups in total. The van der Waals surface area contributed by atoms with E-state index in [2.05, 4.69) is 43.1 Å². The van der Waals surface area contributed by atoms with Crippen molar-refractivity contribution in [3.63, 3.8) is 0 Å². The minimum absolute atomic E-state index is 0.319. The summed E-state index contributed by atoms with van der Waals surface area (Å²) in [7, 11) is 0. The van der Waals surface area contributed by atoms with Gasteiger partial charge >= 0.3 is 0 Å². The first-order valence-corrected chi connectivity index (χ1v) is 9.76. The van der Waals surface area contributed by atoms with Crippen LogP contribution in [0.5, 0.6) is 0 Å². The van der Waals surface area contributed by atoms with Crippen LogP contribution in [0.3, 0.4) is 0 Å². The van der Waals surface area contributed by atoms with Crippen molar-refractivity contribution in [3.05, 3.63) is 30.3 Å². The highest BCUT2D eigenvalue weighted by atomic mass is 16.2. The molecule has 1 amide bonds. The molecule has 0 unspecified atom stereocenters. The SMILES string of the molecule is CC#N.CC(C)(C)C1CCN(C(=O)C2(Nc3ccccc3)CCC2)CC1. The second kappa shape index (κ2) is 8.58. The van der Waals surface area contributed by atoms with E-state index < -0.39 is 0 Å². The van der Waals surface area contributed by atoms with Gasteiger partial charge in [-0.25, -0.2) is 0 Å². The number of piperidine rings is 1. The van der Waals surface area contributed by atoms with Crippen LogP contribution in [-0.2, 0) is 4.79 Å². The average Bonchev–Trinajstić information content (AvgIpc) is 2.58. The summed E-state index contributed by atoms with van der Waals surface area (Å²) in [4.78, 5) is 15.2. The molecule has 2 aliphatic rings. The minimum Gasteiger partial charge on any atom is -0.371 e. The summed E-state index contributed by atoms with van der Waals surface area (Å²) in [5.74, 6) is 1.05. The predicted molar refractivity (Wildman–Crippen MR) is 107 cm³/mol. The van der Waals surface area contributed by atoms with E-state index in [1.165, 1.54) is 6.92 Å². The van der Waals surface area contributed by atoms with Crippen LogP contribution >= 0.6 is 0 Å². The van der Waals surface area contributed by atoms with Gasteiger partial charge in [-0.2, -0.15) is 5.26 Å². The molecule has 1 aromatic rings. The van der Waals surface area contributed by atoms with E-state index >= 15 is 0 Å². The van der Waals surface area contributed by atoms with Crippen LogP contribution in [0.25, 0.3) is 0 Å². The Labute approximate surface area is 158 Å². The van der Waals surface area contributed by atoms with Gasteiger partial charge in [0.2, 0.25) is 5.91 Å². The predicted octanol–water partition coefficient (Wildman–Crippen LogP) is 4.84. The Hall–Kier alpha value is -2.02. The number of para-hydroxylation sites is 1. The van der Waals surface area contributed by atoms with Crippen LogP contribution in [0.4, 0.5) is 5.69 Å². The number of rotatable bonds is 3. The number of likely N-dealkylation sites (tertiary alicyclic amines) is 1. The molecule has 1 saturated heterocycles. The third-order valence-corrected chi connectivity index (χ3v) is 5.78. The summed E-state index contributed by atoms with van der Waals surface area (Å²) in [6.07, 6.45) is 5.33. The lowest BCUT2D eigenvalue weighted by Crippen LogP contribution is -2.59. The van der Waals surface area contributed by atoms with E-state index in [1.807, 2.05) is 18.2 Å². The lowest BCUT2D eigenvalue weighted by molar-refractivity contribution is -0.140. The number of benzene rings is 1. The smallest absolute Gasteiger partial charge is 0.248 e. The van der Waals surface area contributed by atoms with E-state index in [1.54, 1.807) is 6.07 Å². The summed E-state index contributed by atoms with van der Waals surface area (Å²) in [5.41, 5.74) is 1.06. The Balaban J connectivity index is 0.000000758. The average molecular weight is 356 g/mol. The summed E-state index contributed by atoms with van der Waals surface area (Å²) in [6, 6.07) is 11.9. The lowest BCUT2D eigenvalue weighted by atomic mass is 9.73. The first-order chi connectivity index (χ1) is 12.3. The number of carbonyl (C=O) groups excluding carboxylic acids is 1. The van der Waals surface area contributed by atoms with Gasteiger partial charge in [0.05, 0.1) is 6.07 Å². The molecule has 1 aliphatic carbocycles. The molecule has 4 heteroatoms. The zero-order chi connectivity index (χ0) is 19.2. The topological polar surface area (TPSA) is 56.1 Å². The Morgan fingerprint density at radius 2 is 1.73 bits per heavy atom. The fourth-order valence-corrected chi connectivity index (χ4v) is 3.97. The van der Waals surface area contributed by atoms with Gasteiger partial charge in [0.1, 0.15) is 5.54 Å². The largest absolute Gasteiger partial charge is 0.371 e. The summed E-state index contributed by atoms with van der Waals surface area (Å²) >= 11 is 0. The van der Waals surface area contributed by atoms with E-state index in [0.29, 0.717) is 11.3 Å². The maximum atomic E-state index is 13.1. The molecule has 0 spiro atoms. The van der Waals surface area contributed by atoms with Crippen LogP contribution in [0, 0.1) is 22.7 Å². The molecule has 1 aliphatic heterocycles. The lowest BCUT2D eigenvalue weighted by Gasteiger charge is -2.47. The van der Waals surface area contributed by atoms with Crippen LogP contribution in [0.15, 0.2) is 30.3 Å². The van der Waals surface area contributed by atoms with Gasteiger partial charge in [-0.05, 0) is 55.6 Å². The molecule has 0 atom stereocenters. The molecule has 0 radical (unpaired) electrons. The number of nitrogens with one attached hydrogen (secondary N) is 1. The maximum Gasteiger partial charge on any atom is 0.248 e. The normalized spacial score (nSPS) is 19.4. The second-order valence-electron chi connectivity index (χ2n) is 8.58. The number of hydrogen-bond donors (Lipinski definition) is 1. The van der Waals surface area contributed by atoms with E-state index in [4.69, 9.17) is 5.26 Å². The number of carbonyl (C=O) groups is 1. The Morgan fingerprint density at radius 1 is 1.19 bits per heavy atom. The van der Waals surface area contributed by atoms with Crippen molar-refractivity contribution in [1.29, 1.82) is 5.26 Å². The van der Waals surface area contributed by atoms with Crippen molar-refractivity contribution in [2.75, 3.05) is 18.4 Å². The van der Waals surface area contributed by atoms with Gasteiger partial charge in [-0.15, -0.1) is 0 Å². The fourth-order valence-electron chi connectivity index (χ4n) is 3.97. The second-order valence-corrected chi connectivity index (χ2v) is 8.58. The van der Waals surface area contributed by atoms with Gasteiger partial charge in [-0.1, -0.05) is 39.0 Å². The molecule has 4 nitrogen and oxygen atoms in total. The third-order valence-electron chi connectivity index (χ3n) is 5.78. The molecule has 1 saturated carbocycles. The molecule has 0 aromatic heterocycles. The van der Waals surface area contributed by atoms with Crippen molar-refractivity contribution in [3.8, 4) is 6.07 Å². The molecule has 1 aromatic carbocycles. The Morgan fingerprint density at radius 3 is 2.15 bits per heavy atom. The molecular weight excluding hydrogens is 322 g/mol. The van der Waals surface area contributed by atoms with Crippen molar-refractivity contribution < 1.29 is 4.79 Å². The van der Waals surface area contributed by atoms with Gasteiger partial charge in [0, 0.05) is 25.7 Å². The maximum absolute atomic E-state index is 13.1. The minimum atomic E-state index is -0.351. The molecule has 26 heavy (non-hydrogen) atoms. The van der Waals surface area contributed by atoms with Crippen molar-refractivity contribution in [2.45, 2.75) is 65.3 Å². The highest BCUT2D eigenvalue weighted by Crippen LogP contribution is 2.39. The third kappa shape index (κ3) is 4.78. The fraction of sp³-hybridized carbons (Fsp3) is 0.636. The molecule has 0 bridgehead atoms. The summed E-state index contributed by atoms with van der Waals surface area (Å²) in [6.45, 7) is 10.2. The van der Waals surface area contributed by atoms with Crippen LogP contribution in [0.1, 0.15) is 59.8 Å². The number of nitrogens with zero attached hydrogens (tertiary/aromatic N) is 2. The Bertz CT molecular complexity index is 615. The summed E-state index contributed by atoms with van der Waals surface area (Å²) in [5, 5.41) is 10.9. The number of nitriles is 1. The van der Waals surface area contributed by atoms with Gasteiger partial charge in [0.15, 0.2) is 0 Å². The number of amides is 1. The van der Waals surface area contributed by atoms with Crippen LogP contribution in [0.2, 0.25) is 0 Å². The van der Waals surface area contributed by atoms with Gasteiger partial charge in [-0.3, -0.25) is 4.79 Å². The van der Waals surface area contributed by atoms with E-state index in [-0.39, 0.29) is 5.54 Å². The number of anilines is 1. The van der Waals surface area contributed by atoms with Crippen LogP contribution < -0.4 is 5.32 Å². The van der Waals surface area contributed by atoms with Crippen LogP contribution in [-0.4, -0.2) is 29.4 Å². The first kappa shape index (κ1) is 20.3. The van der Waals surface area contributed by atoms with E-state index in [0.717, 1.165) is 56.8 Å². The molecule has 3 rings (SSSR count). The van der Waals surface area contributed by atoms with Gasteiger partial charge < -0.3 is 10.2 Å². The molecule has 1 heterocycles. The summed E-state index contributed by atoms with van der Waals surface area (Å²) < 4.78 is 0. The zero-order valence-electron chi connectivity index (χ0n) is 16.7. The monoisotopic (exact) mass is 355 g/mol. The van der Waals surface area contributed by atoms with Crippen molar-refractivity contribution in [1.82, 2.24) is 4.90 Å². The quantitative estimate of drug-likeness (QED) is 0.844. The molecule has 2 fully saturated rings. The molecular formula is C22H33N3O. The Kier molecular flexibility index (Phi) is 6.69. The van der Waals surface area contributed by atoms with Crippen molar-refractivity contribution in [2.24, 2.45) is 11.3 Å². The van der Waals surface area contributed by atoms with Gasteiger partial charge in [0.25, 0.3) is 0 Å². The highest BCUT2D eigenvalue weighted by Gasteiger charge is 2.47. The molecule has 142 valence electrons. The highest BCUT2D eigenvalue weighted by molar-refractivity contribution is 5.90. The zero-order valence-corrected chi connectivity index (χ0v) is 16.7. The van der Waals surface area contributed by atoms with E-state index in [9.17, 15) is 4.79 Å².